The molecule has 0 spiro atoms. The highest BCUT2D eigenvalue weighted by Gasteiger charge is 2.24. The maximum Gasteiger partial charge on any atom is 0.275 e. The van der Waals surface area contributed by atoms with Crippen molar-refractivity contribution in [3.05, 3.63) is 69.3 Å². The molecular weight excluding hydrogens is 411 g/mol. The van der Waals surface area contributed by atoms with Gasteiger partial charge in [-0.25, -0.2) is 0 Å². The molecule has 1 aromatic carbocycles. The van der Waals surface area contributed by atoms with Crippen LogP contribution < -0.4 is 0 Å². The van der Waals surface area contributed by atoms with Crippen molar-refractivity contribution < 1.29 is 14.6 Å². The van der Waals surface area contributed by atoms with Gasteiger partial charge in [0.25, 0.3) is 6.29 Å². The number of thiophene rings is 1. The second-order valence-corrected chi connectivity index (χ2v) is 7.44. The molecular formula is C17H17IO3S. The topological polar surface area (TPSA) is 38.7 Å². The summed E-state index contributed by atoms with van der Waals surface area (Å²) in [6.07, 6.45) is 3.06. The van der Waals surface area contributed by atoms with Crippen LogP contribution in [-0.2, 0) is 15.9 Å². The molecule has 1 N–H and O–H groups in total. The summed E-state index contributed by atoms with van der Waals surface area (Å²) in [7, 11) is 0. The number of benzene rings is 1. The summed E-state index contributed by atoms with van der Waals surface area (Å²) in [4.78, 5) is 2.06. The molecule has 0 unspecified atom stereocenters. The number of alkyl halides is 1. The van der Waals surface area contributed by atoms with Crippen LogP contribution in [0, 0.1) is 6.92 Å². The molecule has 0 amide bonds. The number of halogens is 1. The van der Waals surface area contributed by atoms with Crippen molar-refractivity contribution in [3.63, 3.8) is 0 Å². The van der Waals surface area contributed by atoms with Crippen molar-refractivity contribution >= 4 is 33.9 Å². The van der Waals surface area contributed by atoms with Crippen LogP contribution in [0.5, 0.6) is 0 Å². The summed E-state index contributed by atoms with van der Waals surface area (Å²) >= 11 is 3.96. The van der Waals surface area contributed by atoms with E-state index in [1.165, 1.54) is 5.56 Å². The van der Waals surface area contributed by atoms with Crippen LogP contribution in [0.4, 0.5) is 0 Å². The third-order valence-corrected chi connectivity index (χ3v) is 5.30. The van der Waals surface area contributed by atoms with Gasteiger partial charge in [0.1, 0.15) is 18.6 Å². The van der Waals surface area contributed by atoms with Crippen LogP contribution in [0.2, 0.25) is 0 Å². The van der Waals surface area contributed by atoms with E-state index in [4.69, 9.17) is 9.47 Å². The fraction of sp³-hybridized carbons (Fsp3) is 0.294. The SMILES string of the molecule is Cc1sc(C2OC=CO2)cc1[C@H](O)c1ccccc1CCI. The van der Waals surface area contributed by atoms with E-state index >= 15 is 0 Å². The number of aliphatic hydroxyl groups excluding tert-OH is 1. The predicted octanol–water partition coefficient (Wildman–Crippen LogP) is 4.63. The molecule has 3 rings (SSSR count). The van der Waals surface area contributed by atoms with Gasteiger partial charge in [0, 0.05) is 9.30 Å². The minimum Gasteiger partial charge on any atom is -0.454 e. The molecule has 0 fully saturated rings. The minimum absolute atomic E-state index is 0.380. The summed E-state index contributed by atoms with van der Waals surface area (Å²) in [5.74, 6) is 0. The standard InChI is InChI=1S/C17H17IO3S/c1-11-14(10-15(22-11)17-20-8-9-21-17)16(19)13-5-3-2-4-12(13)6-7-18/h2-5,8-10,16-17,19H,6-7H2,1H3/t16-/m1/s1. The Balaban J connectivity index is 1.90. The average Bonchev–Trinajstić information content (AvgIpc) is 3.17. The first kappa shape index (κ1) is 15.8. The lowest BCUT2D eigenvalue weighted by Crippen LogP contribution is -2.04. The van der Waals surface area contributed by atoms with Gasteiger partial charge >= 0.3 is 0 Å². The zero-order valence-corrected chi connectivity index (χ0v) is 15.1. The van der Waals surface area contributed by atoms with Crippen molar-refractivity contribution in [2.45, 2.75) is 25.7 Å². The van der Waals surface area contributed by atoms with Gasteiger partial charge in [0.15, 0.2) is 0 Å². The highest BCUT2D eigenvalue weighted by Crippen LogP contribution is 2.37. The molecule has 0 aliphatic carbocycles. The Labute approximate surface area is 147 Å². The highest BCUT2D eigenvalue weighted by molar-refractivity contribution is 14.1. The van der Waals surface area contributed by atoms with Gasteiger partial charge in [-0.1, -0.05) is 46.9 Å². The lowest BCUT2D eigenvalue weighted by Gasteiger charge is -2.15. The molecule has 5 heteroatoms. The molecule has 1 aromatic heterocycles. The monoisotopic (exact) mass is 428 g/mol. The smallest absolute Gasteiger partial charge is 0.275 e. The van der Waals surface area contributed by atoms with E-state index < -0.39 is 6.10 Å². The van der Waals surface area contributed by atoms with Crippen LogP contribution in [0.1, 0.15) is 38.8 Å². The van der Waals surface area contributed by atoms with Gasteiger partial charge in [-0.2, -0.15) is 0 Å². The lowest BCUT2D eigenvalue weighted by molar-refractivity contribution is -0.0217. The first-order valence-electron chi connectivity index (χ1n) is 7.08. The average molecular weight is 428 g/mol. The van der Waals surface area contributed by atoms with E-state index in [1.807, 2.05) is 31.2 Å². The van der Waals surface area contributed by atoms with E-state index in [0.29, 0.717) is 0 Å². The molecule has 0 saturated heterocycles. The van der Waals surface area contributed by atoms with Crippen molar-refractivity contribution in [2.24, 2.45) is 0 Å². The molecule has 0 radical (unpaired) electrons. The number of aliphatic hydroxyl groups is 1. The molecule has 2 aromatic rings. The predicted molar refractivity (Wildman–Crippen MR) is 96.2 cm³/mol. The van der Waals surface area contributed by atoms with Crippen molar-refractivity contribution in [1.82, 2.24) is 0 Å². The lowest BCUT2D eigenvalue weighted by atomic mass is 9.96. The maximum absolute atomic E-state index is 10.8. The van der Waals surface area contributed by atoms with E-state index in [-0.39, 0.29) is 6.29 Å². The van der Waals surface area contributed by atoms with Crippen LogP contribution in [-0.4, -0.2) is 9.53 Å². The molecule has 0 bridgehead atoms. The van der Waals surface area contributed by atoms with Gasteiger partial charge < -0.3 is 14.6 Å². The largest absolute Gasteiger partial charge is 0.454 e. The minimum atomic E-state index is -0.612. The Morgan fingerprint density at radius 2 is 1.95 bits per heavy atom. The third-order valence-electron chi connectivity index (χ3n) is 3.68. The number of aryl methyl sites for hydroxylation is 2. The third kappa shape index (κ3) is 3.16. The number of ether oxygens (including phenoxy) is 2. The van der Waals surface area contributed by atoms with Crippen molar-refractivity contribution in [3.8, 4) is 0 Å². The van der Waals surface area contributed by atoms with E-state index in [9.17, 15) is 5.11 Å². The summed E-state index contributed by atoms with van der Waals surface area (Å²) in [5.41, 5.74) is 3.12. The second-order valence-electron chi connectivity index (χ2n) is 5.08. The molecule has 1 atom stereocenters. The highest BCUT2D eigenvalue weighted by atomic mass is 127. The van der Waals surface area contributed by atoms with Gasteiger partial charge in [-0.3, -0.25) is 0 Å². The van der Waals surface area contributed by atoms with Gasteiger partial charge in [0.2, 0.25) is 0 Å². The fourth-order valence-corrected chi connectivity index (χ4v) is 4.19. The number of hydrogen-bond acceptors (Lipinski definition) is 4. The maximum atomic E-state index is 10.8. The Bertz CT molecular complexity index is 672. The van der Waals surface area contributed by atoms with Crippen molar-refractivity contribution in [2.75, 3.05) is 4.43 Å². The summed E-state index contributed by atoms with van der Waals surface area (Å²) in [5, 5.41) is 10.8. The molecule has 1 aliphatic rings. The van der Waals surface area contributed by atoms with Gasteiger partial charge in [-0.05, 0) is 36.1 Å². The molecule has 3 nitrogen and oxygen atoms in total. The number of rotatable bonds is 5. The zero-order valence-electron chi connectivity index (χ0n) is 12.2. The molecule has 2 heterocycles. The Morgan fingerprint density at radius 3 is 2.68 bits per heavy atom. The number of hydrogen-bond donors (Lipinski definition) is 1. The Morgan fingerprint density at radius 1 is 1.23 bits per heavy atom. The fourth-order valence-electron chi connectivity index (χ4n) is 2.58. The van der Waals surface area contributed by atoms with Crippen LogP contribution in [0.15, 0.2) is 42.9 Å². The molecule has 116 valence electrons. The second kappa shape index (κ2) is 7.02. The molecule has 0 saturated carbocycles. The Kier molecular flexibility index (Phi) is 5.05. The first-order valence-corrected chi connectivity index (χ1v) is 9.43. The van der Waals surface area contributed by atoms with Gasteiger partial charge in [-0.15, -0.1) is 11.3 Å². The van der Waals surface area contributed by atoms with Gasteiger partial charge in [0.05, 0.1) is 4.88 Å². The van der Waals surface area contributed by atoms with Crippen LogP contribution >= 0.6 is 33.9 Å². The zero-order chi connectivity index (χ0) is 15.5. The first-order chi connectivity index (χ1) is 10.7. The molecule has 22 heavy (non-hydrogen) atoms. The quantitative estimate of drug-likeness (QED) is 0.558. The summed E-state index contributed by atoms with van der Waals surface area (Å²) in [6, 6.07) is 10.1. The van der Waals surface area contributed by atoms with Crippen LogP contribution in [0.3, 0.4) is 0 Å². The molecule has 1 aliphatic heterocycles. The van der Waals surface area contributed by atoms with Crippen molar-refractivity contribution in [1.29, 1.82) is 0 Å². The van der Waals surface area contributed by atoms with Crippen LogP contribution in [0.25, 0.3) is 0 Å². The summed E-state index contributed by atoms with van der Waals surface area (Å²) < 4.78 is 11.8. The summed E-state index contributed by atoms with van der Waals surface area (Å²) in [6.45, 7) is 2.02. The van der Waals surface area contributed by atoms with E-state index in [1.54, 1.807) is 23.9 Å². The van der Waals surface area contributed by atoms with E-state index in [2.05, 4.69) is 28.7 Å². The Hall–Kier alpha value is -1.05. The normalized spacial score (nSPS) is 15.6. The van der Waals surface area contributed by atoms with E-state index in [0.717, 1.165) is 31.7 Å².